The van der Waals surface area contributed by atoms with E-state index in [4.69, 9.17) is 16.3 Å². The maximum atomic E-state index is 13.5. The Kier molecular flexibility index (Phi) is 5.91. The van der Waals surface area contributed by atoms with Crippen LogP contribution in [-0.4, -0.2) is 29.8 Å². The standard InChI is InChI=1S/C24H19ClFNO4/c25-15-9-14(10-16(26)12-15)11-22(23(28)29)27-24(30)31-13-21-19-7-3-1-5-17(19)18-6-2-4-8-20(18)21/h1-10,12,21-22H,11,13H2,(H,27,30)(H,28,29). The van der Waals surface area contributed by atoms with Crippen molar-refractivity contribution in [3.05, 3.63) is 94.3 Å². The molecule has 0 saturated carbocycles. The number of benzene rings is 3. The third-order valence-corrected chi connectivity index (χ3v) is 5.51. The molecular formula is C24H19ClFNO4. The molecule has 0 spiro atoms. The van der Waals surface area contributed by atoms with E-state index >= 15 is 0 Å². The number of halogens is 2. The van der Waals surface area contributed by atoms with Crippen molar-refractivity contribution in [3.8, 4) is 11.1 Å². The van der Waals surface area contributed by atoms with E-state index in [2.05, 4.69) is 5.32 Å². The fourth-order valence-electron chi connectivity index (χ4n) is 3.95. The maximum absolute atomic E-state index is 13.5. The number of amides is 1. The summed E-state index contributed by atoms with van der Waals surface area (Å²) in [5, 5.41) is 12.0. The molecule has 1 unspecified atom stereocenters. The van der Waals surface area contributed by atoms with Crippen LogP contribution in [0.25, 0.3) is 11.1 Å². The van der Waals surface area contributed by atoms with E-state index in [1.807, 2.05) is 48.5 Å². The molecule has 3 aromatic rings. The minimum Gasteiger partial charge on any atom is -0.480 e. The van der Waals surface area contributed by atoms with Crippen molar-refractivity contribution in [2.24, 2.45) is 0 Å². The zero-order valence-electron chi connectivity index (χ0n) is 16.3. The van der Waals surface area contributed by atoms with Crippen molar-refractivity contribution < 1.29 is 23.8 Å². The van der Waals surface area contributed by atoms with Gasteiger partial charge >= 0.3 is 12.1 Å². The fraction of sp³-hybridized carbons (Fsp3) is 0.167. The van der Waals surface area contributed by atoms with E-state index in [0.717, 1.165) is 28.3 Å². The highest BCUT2D eigenvalue weighted by molar-refractivity contribution is 6.30. The molecule has 2 N–H and O–H groups in total. The lowest BCUT2D eigenvalue weighted by Crippen LogP contribution is -2.42. The Bertz CT molecular complexity index is 1080. The summed E-state index contributed by atoms with van der Waals surface area (Å²) in [7, 11) is 0. The Morgan fingerprint density at radius 1 is 1.03 bits per heavy atom. The van der Waals surface area contributed by atoms with Crippen LogP contribution < -0.4 is 5.32 Å². The molecule has 1 atom stereocenters. The first-order valence-corrected chi connectivity index (χ1v) is 10.1. The van der Waals surface area contributed by atoms with Crippen LogP contribution in [0, 0.1) is 5.82 Å². The van der Waals surface area contributed by atoms with Gasteiger partial charge in [-0.2, -0.15) is 0 Å². The van der Waals surface area contributed by atoms with Gasteiger partial charge in [-0.1, -0.05) is 60.1 Å². The van der Waals surface area contributed by atoms with Gasteiger partial charge in [0.15, 0.2) is 0 Å². The molecule has 1 aliphatic rings. The second-order valence-electron chi connectivity index (χ2n) is 7.34. The van der Waals surface area contributed by atoms with Crippen molar-refractivity contribution in [1.82, 2.24) is 5.32 Å². The molecule has 1 amide bonds. The third kappa shape index (κ3) is 4.54. The van der Waals surface area contributed by atoms with E-state index in [9.17, 15) is 19.1 Å². The highest BCUT2D eigenvalue weighted by atomic mass is 35.5. The normalized spacial score (nSPS) is 13.2. The van der Waals surface area contributed by atoms with Crippen LogP contribution >= 0.6 is 11.6 Å². The molecule has 7 heteroatoms. The van der Waals surface area contributed by atoms with Crippen LogP contribution in [0.4, 0.5) is 9.18 Å². The van der Waals surface area contributed by atoms with Gasteiger partial charge in [-0.05, 0) is 46.0 Å². The van der Waals surface area contributed by atoms with Gasteiger partial charge in [0.1, 0.15) is 18.5 Å². The number of aliphatic carboxylic acids is 1. The molecule has 0 saturated heterocycles. The van der Waals surface area contributed by atoms with Crippen LogP contribution in [0.3, 0.4) is 0 Å². The highest BCUT2D eigenvalue weighted by Crippen LogP contribution is 2.44. The molecule has 0 fully saturated rings. The Balaban J connectivity index is 1.44. The Morgan fingerprint density at radius 3 is 2.23 bits per heavy atom. The van der Waals surface area contributed by atoms with Gasteiger partial charge in [-0.15, -0.1) is 0 Å². The summed E-state index contributed by atoms with van der Waals surface area (Å²) in [5.74, 6) is -1.97. The minimum atomic E-state index is -1.28. The van der Waals surface area contributed by atoms with Gasteiger partial charge in [-0.3, -0.25) is 0 Å². The van der Waals surface area contributed by atoms with Crippen LogP contribution in [0.1, 0.15) is 22.6 Å². The minimum absolute atomic E-state index is 0.0675. The van der Waals surface area contributed by atoms with Crippen molar-refractivity contribution in [1.29, 1.82) is 0 Å². The van der Waals surface area contributed by atoms with Gasteiger partial charge in [0.25, 0.3) is 0 Å². The molecule has 0 aromatic heterocycles. The summed E-state index contributed by atoms with van der Waals surface area (Å²) in [6.45, 7) is 0.0675. The highest BCUT2D eigenvalue weighted by Gasteiger charge is 2.29. The summed E-state index contributed by atoms with van der Waals surface area (Å²) in [4.78, 5) is 24.0. The monoisotopic (exact) mass is 439 g/mol. The smallest absolute Gasteiger partial charge is 0.407 e. The lowest BCUT2D eigenvalue weighted by molar-refractivity contribution is -0.139. The van der Waals surface area contributed by atoms with Crippen molar-refractivity contribution in [2.75, 3.05) is 6.61 Å². The molecule has 4 rings (SSSR count). The number of carbonyl (C=O) groups is 2. The van der Waals surface area contributed by atoms with Gasteiger partial charge in [0.05, 0.1) is 0 Å². The number of fused-ring (bicyclic) bond motifs is 3. The number of nitrogens with one attached hydrogen (secondary N) is 1. The average molecular weight is 440 g/mol. The second-order valence-corrected chi connectivity index (χ2v) is 7.78. The van der Waals surface area contributed by atoms with Crippen LogP contribution in [0.15, 0.2) is 66.7 Å². The van der Waals surface area contributed by atoms with Crippen molar-refractivity contribution >= 4 is 23.7 Å². The summed E-state index contributed by atoms with van der Waals surface area (Å²) in [6, 6.07) is 18.3. The van der Waals surface area contributed by atoms with E-state index < -0.39 is 23.9 Å². The molecule has 0 aliphatic heterocycles. The van der Waals surface area contributed by atoms with E-state index in [1.54, 1.807) is 0 Å². The molecule has 1 aliphatic carbocycles. The van der Waals surface area contributed by atoms with E-state index in [0.29, 0.717) is 5.56 Å². The van der Waals surface area contributed by atoms with Gasteiger partial charge < -0.3 is 15.2 Å². The first-order chi connectivity index (χ1) is 14.9. The van der Waals surface area contributed by atoms with Crippen molar-refractivity contribution in [3.63, 3.8) is 0 Å². The van der Waals surface area contributed by atoms with Gasteiger partial charge in [0, 0.05) is 17.4 Å². The number of carbonyl (C=O) groups excluding carboxylic acids is 1. The summed E-state index contributed by atoms with van der Waals surface area (Å²) < 4.78 is 18.9. The topological polar surface area (TPSA) is 75.6 Å². The van der Waals surface area contributed by atoms with Gasteiger partial charge in [-0.25, -0.2) is 14.0 Å². The van der Waals surface area contributed by atoms with E-state index in [-0.39, 0.29) is 24.0 Å². The quantitative estimate of drug-likeness (QED) is 0.566. The van der Waals surface area contributed by atoms with Crippen LogP contribution in [0.5, 0.6) is 0 Å². The summed E-state index contributed by atoms with van der Waals surface area (Å²) in [5.41, 5.74) is 4.66. The van der Waals surface area contributed by atoms with Gasteiger partial charge in [0.2, 0.25) is 0 Å². The Morgan fingerprint density at radius 2 is 1.65 bits per heavy atom. The lowest BCUT2D eigenvalue weighted by atomic mass is 9.98. The molecule has 5 nitrogen and oxygen atoms in total. The number of carboxylic acid groups (broad SMARTS) is 1. The predicted molar refractivity (Wildman–Crippen MR) is 115 cm³/mol. The zero-order valence-corrected chi connectivity index (χ0v) is 17.1. The fourth-order valence-corrected chi connectivity index (χ4v) is 4.19. The largest absolute Gasteiger partial charge is 0.480 e. The van der Waals surface area contributed by atoms with E-state index in [1.165, 1.54) is 12.1 Å². The lowest BCUT2D eigenvalue weighted by Gasteiger charge is -2.17. The predicted octanol–water partition coefficient (Wildman–Crippen LogP) is 5.01. The molecule has 31 heavy (non-hydrogen) atoms. The van der Waals surface area contributed by atoms with Crippen molar-refractivity contribution in [2.45, 2.75) is 18.4 Å². The molecule has 158 valence electrons. The van der Waals surface area contributed by atoms with Crippen LogP contribution in [-0.2, 0) is 16.0 Å². The third-order valence-electron chi connectivity index (χ3n) is 5.30. The second kappa shape index (κ2) is 8.78. The average Bonchev–Trinajstić information content (AvgIpc) is 3.05. The molecular weight excluding hydrogens is 421 g/mol. The molecule has 0 bridgehead atoms. The first kappa shape index (κ1) is 20.9. The number of rotatable bonds is 6. The molecule has 0 heterocycles. The first-order valence-electron chi connectivity index (χ1n) is 9.71. The number of hydrogen-bond acceptors (Lipinski definition) is 3. The maximum Gasteiger partial charge on any atom is 0.407 e. The Hall–Kier alpha value is -3.38. The van der Waals surface area contributed by atoms with Crippen LogP contribution in [0.2, 0.25) is 5.02 Å². The number of alkyl carbamates (subject to hydrolysis) is 1. The summed E-state index contributed by atoms with van der Waals surface area (Å²) >= 11 is 5.82. The molecule has 3 aromatic carbocycles. The zero-order chi connectivity index (χ0) is 22.0. The Labute approximate surface area is 183 Å². The SMILES string of the molecule is O=C(NC(Cc1cc(F)cc(Cl)c1)C(=O)O)OCC1c2ccccc2-c2ccccc21. The number of hydrogen-bond donors (Lipinski definition) is 2. The summed E-state index contributed by atoms with van der Waals surface area (Å²) in [6.07, 6.45) is -0.978. The number of carboxylic acids is 1. The number of ether oxygens (including phenoxy) is 1. The molecule has 0 radical (unpaired) electrons.